The van der Waals surface area contributed by atoms with Crippen molar-refractivity contribution in [3.05, 3.63) is 66.7 Å². The van der Waals surface area contributed by atoms with Gasteiger partial charge in [0.05, 0.1) is 9.79 Å². The number of hydrogen-bond donors (Lipinski definition) is 2. The molecule has 3 aromatic carbocycles. The van der Waals surface area contributed by atoms with Crippen molar-refractivity contribution < 1.29 is 25.9 Å². The van der Waals surface area contributed by atoms with E-state index in [0.29, 0.717) is 0 Å². The van der Waals surface area contributed by atoms with Crippen molar-refractivity contribution in [2.24, 2.45) is 0 Å². The molecule has 0 fully saturated rings. The third-order valence-corrected chi connectivity index (χ3v) is 6.22. The Hall–Kier alpha value is 1.18. The van der Waals surface area contributed by atoms with Crippen LogP contribution < -0.4 is 5.30 Å². The Morgan fingerprint density at radius 1 is 0.621 bits per heavy atom. The average Bonchev–Trinajstić information content (AvgIpc) is 2.60. The van der Waals surface area contributed by atoms with E-state index in [4.69, 9.17) is 9.11 Å². The summed E-state index contributed by atoms with van der Waals surface area (Å²) in [6.07, 6.45) is 0. The normalized spacial score (nSPS) is 11.3. The summed E-state index contributed by atoms with van der Waals surface area (Å²) in [7, 11) is -5.95. The summed E-state index contributed by atoms with van der Waals surface area (Å²) in [5.41, 5.74) is 3.05. The van der Waals surface area contributed by atoms with Crippen molar-refractivity contribution in [3.63, 3.8) is 0 Å². The monoisotopic (exact) mass is 502 g/mol. The summed E-state index contributed by atoms with van der Waals surface area (Å²) in [5.74, 6) is 0. The van der Waals surface area contributed by atoms with E-state index in [-0.39, 0.29) is 113 Å². The van der Waals surface area contributed by atoms with Gasteiger partial charge in [-0.15, -0.1) is 9.24 Å². The Labute approximate surface area is 257 Å². The molecule has 0 spiro atoms. The molecule has 6 nitrogen and oxygen atoms in total. The molecule has 0 saturated carbocycles. The zero-order chi connectivity index (χ0) is 19.8. The van der Waals surface area contributed by atoms with E-state index in [2.05, 4.69) is 9.24 Å². The molecule has 0 aliphatic carbocycles. The standard InChI is InChI=1S/C18H15O6PS2.2K.2H/c19-26(20,21)14-8-4-12(5-9-14)16-2-1-3-17(25)18(16)13-6-10-15(11-7-13)27(22,23)24;;;;/h1-11H,25H2,(H,19,20,21)(H,22,23,24);;;;. The minimum absolute atomic E-state index is 0. The summed E-state index contributed by atoms with van der Waals surface area (Å²) in [5, 5.41) is 0.853. The van der Waals surface area contributed by atoms with Gasteiger partial charge in [0.1, 0.15) is 0 Å². The second-order valence-corrected chi connectivity index (χ2v) is 9.23. The average molecular weight is 503 g/mol. The van der Waals surface area contributed by atoms with Crippen LogP contribution in [0.15, 0.2) is 76.5 Å². The molecule has 11 heteroatoms. The zero-order valence-corrected chi connectivity index (χ0v) is 16.6. The van der Waals surface area contributed by atoms with E-state index in [1.165, 1.54) is 24.3 Å². The second-order valence-electron chi connectivity index (χ2n) is 5.77. The van der Waals surface area contributed by atoms with Crippen molar-refractivity contribution in [2.45, 2.75) is 9.79 Å². The van der Waals surface area contributed by atoms with Crippen LogP contribution in [0.3, 0.4) is 0 Å². The first-order chi connectivity index (χ1) is 12.6. The van der Waals surface area contributed by atoms with Crippen molar-refractivity contribution in [1.82, 2.24) is 0 Å². The summed E-state index contributed by atoms with van der Waals surface area (Å²) >= 11 is 0. The van der Waals surface area contributed by atoms with Gasteiger partial charge in [0.2, 0.25) is 0 Å². The van der Waals surface area contributed by atoms with Gasteiger partial charge in [0.25, 0.3) is 20.2 Å². The first-order valence-corrected chi connectivity index (χ1v) is 11.1. The molecule has 0 aromatic heterocycles. The predicted octanol–water partition coefficient (Wildman–Crippen LogP) is 1.72. The summed E-state index contributed by atoms with van der Waals surface area (Å²) < 4.78 is 63.1. The van der Waals surface area contributed by atoms with Gasteiger partial charge in [-0.25, -0.2) is 0 Å². The summed E-state index contributed by atoms with van der Waals surface area (Å²) in [4.78, 5) is -0.404. The molecule has 0 aliphatic heterocycles. The van der Waals surface area contributed by atoms with E-state index in [9.17, 15) is 16.8 Å². The molecule has 3 aromatic rings. The van der Waals surface area contributed by atoms with Crippen LogP contribution >= 0.6 is 9.24 Å². The van der Waals surface area contributed by atoms with E-state index in [1.54, 1.807) is 24.3 Å². The molecule has 29 heavy (non-hydrogen) atoms. The first kappa shape index (κ1) is 28.2. The maximum atomic E-state index is 11.2. The van der Waals surface area contributed by atoms with E-state index < -0.39 is 20.2 Å². The van der Waals surface area contributed by atoms with E-state index in [1.807, 2.05) is 18.2 Å². The van der Waals surface area contributed by atoms with Gasteiger partial charge in [-0.3, -0.25) is 9.11 Å². The minimum atomic E-state index is -4.28. The molecule has 0 aliphatic rings. The fourth-order valence-corrected chi connectivity index (χ4v) is 4.13. The second kappa shape index (κ2) is 11.4. The molecule has 0 heterocycles. The van der Waals surface area contributed by atoms with Crippen LogP contribution in [-0.2, 0) is 20.2 Å². The molecular weight excluding hydrogens is 485 g/mol. The van der Waals surface area contributed by atoms with Gasteiger partial charge in [0, 0.05) is 0 Å². The van der Waals surface area contributed by atoms with Gasteiger partial charge in [-0.2, -0.15) is 16.8 Å². The number of rotatable bonds is 4. The first-order valence-electron chi connectivity index (χ1n) is 7.62. The van der Waals surface area contributed by atoms with Crippen LogP contribution in [-0.4, -0.2) is 129 Å². The molecule has 144 valence electrons. The van der Waals surface area contributed by atoms with Gasteiger partial charge in [0.15, 0.2) is 0 Å². The third-order valence-electron chi connectivity index (χ3n) is 4.00. The van der Waals surface area contributed by atoms with Crippen molar-refractivity contribution >= 4 is 138 Å². The Bertz CT molecular complexity index is 1210. The van der Waals surface area contributed by atoms with Crippen molar-refractivity contribution in [1.29, 1.82) is 0 Å². The molecule has 0 saturated heterocycles. The topological polar surface area (TPSA) is 109 Å². The molecule has 2 N–H and O–H groups in total. The molecule has 0 bridgehead atoms. The Kier molecular flexibility index (Phi) is 11.0. The molecular formula is C18H17K2O6PS2. The van der Waals surface area contributed by atoms with Crippen LogP contribution in [0.5, 0.6) is 0 Å². The quantitative estimate of drug-likeness (QED) is 0.320. The fraction of sp³-hybridized carbons (Fsp3) is 0. The molecule has 0 radical (unpaired) electrons. The Balaban J connectivity index is 0.00000210. The van der Waals surface area contributed by atoms with Crippen LogP contribution in [0.1, 0.15) is 0 Å². The predicted molar refractivity (Wildman–Crippen MR) is 121 cm³/mol. The third kappa shape index (κ3) is 7.08. The van der Waals surface area contributed by atoms with E-state index in [0.717, 1.165) is 27.6 Å². The van der Waals surface area contributed by atoms with E-state index >= 15 is 0 Å². The number of benzene rings is 3. The Morgan fingerprint density at radius 3 is 1.45 bits per heavy atom. The van der Waals surface area contributed by atoms with Crippen LogP contribution in [0.2, 0.25) is 0 Å². The van der Waals surface area contributed by atoms with Gasteiger partial charge >= 0.3 is 103 Å². The fourth-order valence-electron chi connectivity index (χ4n) is 2.73. The molecule has 3 rings (SSSR count). The molecule has 0 amide bonds. The van der Waals surface area contributed by atoms with Crippen LogP contribution in [0.25, 0.3) is 22.3 Å². The van der Waals surface area contributed by atoms with Crippen molar-refractivity contribution in [3.8, 4) is 22.3 Å². The number of hydrogen-bond acceptors (Lipinski definition) is 4. The van der Waals surface area contributed by atoms with Gasteiger partial charge < -0.3 is 0 Å². The van der Waals surface area contributed by atoms with Gasteiger partial charge in [-0.1, -0.05) is 42.5 Å². The molecule has 1 atom stereocenters. The van der Waals surface area contributed by atoms with Crippen LogP contribution in [0, 0.1) is 0 Å². The maximum absolute atomic E-state index is 11.2. The van der Waals surface area contributed by atoms with Crippen molar-refractivity contribution in [2.75, 3.05) is 0 Å². The summed E-state index contributed by atoms with van der Waals surface area (Å²) in [6.45, 7) is 0. The zero-order valence-electron chi connectivity index (χ0n) is 13.8. The van der Waals surface area contributed by atoms with Gasteiger partial charge in [-0.05, 0) is 51.8 Å². The molecule has 1 unspecified atom stereocenters. The summed E-state index contributed by atoms with van der Waals surface area (Å²) in [6, 6.07) is 17.1. The SMILES string of the molecule is O=S(=O)(O)c1ccc(-c2cccc(P)c2-c2ccc(S(=O)(=O)O)cc2)cc1.[KH].[KH]. The Morgan fingerprint density at radius 2 is 1.03 bits per heavy atom. The van der Waals surface area contributed by atoms with Crippen LogP contribution in [0.4, 0.5) is 0 Å².